The van der Waals surface area contributed by atoms with Crippen molar-refractivity contribution in [2.75, 3.05) is 19.6 Å². The van der Waals surface area contributed by atoms with E-state index in [0.717, 1.165) is 25.8 Å². The molecule has 2 amide bonds. The van der Waals surface area contributed by atoms with Gasteiger partial charge in [-0.1, -0.05) is 0 Å². The number of nitrogens with two attached hydrogens (primary N) is 1. The Morgan fingerprint density at radius 2 is 2.05 bits per heavy atom. The van der Waals surface area contributed by atoms with E-state index < -0.39 is 0 Å². The Morgan fingerprint density at radius 1 is 1.32 bits per heavy atom. The van der Waals surface area contributed by atoms with E-state index in [0.29, 0.717) is 32.4 Å². The molecular weight excluding hydrogens is 266 g/mol. The first-order valence-corrected chi connectivity index (χ1v) is 6.95. The molecule has 0 radical (unpaired) electrons. The zero-order valence-electron chi connectivity index (χ0n) is 11.7. The third kappa shape index (κ3) is 6.25. The van der Waals surface area contributed by atoms with Crippen LogP contribution in [0.15, 0.2) is 0 Å². The molecule has 0 aromatic rings. The number of nitrogens with zero attached hydrogens (tertiary/aromatic N) is 1. The highest BCUT2D eigenvalue weighted by atomic mass is 35.5. The molecule has 1 heterocycles. The van der Waals surface area contributed by atoms with E-state index in [9.17, 15) is 9.59 Å². The van der Waals surface area contributed by atoms with Crippen molar-refractivity contribution in [1.82, 2.24) is 10.2 Å². The lowest BCUT2D eigenvalue weighted by Crippen LogP contribution is -2.47. The van der Waals surface area contributed by atoms with Gasteiger partial charge in [-0.15, -0.1) is 12.4 Å². The molecule has 19 heavy (non-hydrogen) atoms. The van der Waals surface area contributed by atoms with Gasteiger partial charge in [0.15, 0.2) is 0 Å². The summed E-state index contributed by atoms with van der Waals surface area (Å²) in [5, 5.41) is 2.73. The maximum absolute atomic E-state index is 12.0. The van der Waals surface area contributed by atoms with E-state index in [1.807, 2.05) is 11.8 Å². The molecule has 0 bridgehead atoms. The highest BCUT2D eigenvalue weighted by molar-refractivity contribution is 5.85. The fourth-order valence-corrected chi connectivity index (χ4v) is 2.40. The predicted octanol–water partition coefficient (Wildman–Crippen LogP) is 1.05. The van der Waals surface area contributed by atoms with Crippen LogP contribution in [0.4, 0.5) is 0 Å². The molecule has 1 unspecified atom stereocenters. The van der Waals surface area contributed by atoms with Crippen LogP contribution in [0.25, 0.3) is 0 Å². The zero-order chi connectivity index (χ0) is 13.4. The van der Waals surface area contributed by atoms with Crippen molar-refractivity contribution in [2.45, 2.75) is 51.5 Å². The topological polar surface area (TPSA) is 75.4 Å². The molecule has 1 saturated heterocycles. The zero-order valence-corrected chi connectivity index (χ0v) is 12.5. The van der Waals surface area contributed by atoms with Crippen LogP contribution in [0, 0.1) is 0 Å². The van der Waals surface area contributed by atoms with Gasteiger partial charge < -0.3 is 16.0 Å². The fourth-order valence-electron chi connectivity index (χ4n) is 2.40. The number of rotatable bonds is 6. The maximum atomic E-state index is 12.0. The van der Waals surface area contributed by atoms with Gasteiger partial charge in [0.25, 0.3) is 0 Å². The van der Waals surface area contributed by atoms with Crippen molar-refractivity contribution >= 4 is 24.2 Å². The van der Waals surface area contributed by atoms with Gasteiger partial charge >= 0.3 is 0 Å². The summed E-state index contributed by atoms with van der Waals surface area (Å²) < 4.78 is 0. The summed E-state index contributed by atoms with van der Waals surface area (Å²) in [6, 6.07) is 0.204. The summed E-state index contributed by atoms with van der Waals surface area (Å²) in [4.78, 5) is 25.2. The van der Waals surface area contributed by atoms with Gasteiger partial charge in [0.2, 0.25) is 11.8 Å². The molecule has 1 rings (SSSR count). The Bertz CT molecular complexity index is 287. The first kappa shape index (κ1) is 18.2. The smallest absolute Gasteiger partial charge is 0.222 e. The summed E-state index contributed by atoms with van der Waals surface area (Å²) in [7, 11) is 0. The second-order valence-corrected chi connectivity index (χ2v) is 4.78. The van der Waals surface area contributed by atoms with E-state index in [1.165, 1.54) is 0 Å². The largest absolute Gasteiger partial charge is 0.356 e. The molecule has 1 atom stereocenters. The molecule has 0 spiro atoms. The minimum Gasteiger partial charge on any atom is -0.356 e. The fraction of sp³-hybridized carbons (Fsp3) is 0.846. The van der Waals surface area contributed by atoms with Crippen LogP contribution in [-0.4, -0.2) is 42.4 Å². The number of piperidine rings is 1. The van der Waals surface area contributed by atoms with Crippen LogP contribution in [-0.2, 0) is 9.59 Å². The van der Waals surface area contributed by atoms with E-state index in [2.05, 4.69) is 5.32 Å². The van der Waals surface area contributed by atoms with Crippen molar-refractivity contribution in [3.8, 4) is 0 Å². The van der Waals surface area contributed by atoms with E-state index >= 15 is 0 Å². The Hall–Kier alpha value is -0.810. The minimum absolute atomic E-state index is 0. The lowest BCUT2D eigenvalue weighted by atomic mass is 10.0. The van der Waals surface area contributed by atoms with E-state index in [4.69, 9.17) is 5.73 Å². The molecule has 5 nitrogen and oxygen atoms in total. The van der Waals surface area contributed by atoms with Crippen LogP contribution < -0.4 is 11.1 Å². The lowest BCUT2D eigenvalue weighted by Gasteiger charge is -2.35. The maximum Gasteiger partial charge on any atom is 0.222 e. The number of likely N-dealkylation sites (tertiary alicyclic amines) is 1. The number of carbonyl (C=O) groups excluding carboxylic acids is 2. The molecule has 0 aromatic heterocycles. The van der Waals surface area contributed by atoms with Gasteiger partial charge in [0.1, 0.15) is 0 Å². The molecule has 6 heteroatoms. The van der Waals surface area contributed by atoms with Gasteiger partial charge in [-0.05, 0) is 32.6 Å². The third-order valence-corrected chi connectivity index (χ3v) is 3.39. The SMILES string of the molecule is CCNC(=O)CCCC(=O)N1CCCCC1CN.Cl. The quantitative estimate of drug-likeness (QED) is 0.768. The van der Waals surface area contributed by atoms with E-state index in [1.54, 1.807) is 0 Å². The van der Waals surface area contributed by atoms with Gasteiger partial charge in [-0.25, -0.2) is 0 Å². The molecule has 0 saturated carbocycles. The van der Waals surface area contributed by atoms with Crippen LogP contribution >= 0.6 is 12.4 Å². The van der Waals surface area contributed by atoms with Crippen molar-refractivity contribution in [1.29, 1.82) is 0 Å². The average Bonchev–Trinajstić information content (AvgIpc) is 2.38. The molecule has 1 aliphatic rings. The third-order valence-electron chi connectivity index (χ3n) is 3.39. The normalized spacial score (nSPS) is 18.6. The average molecular weight is 292 g/mol. The van der Waals surface area contributed by atoms with E-state index in [-0.39, 0.29) is 30.3 Å². The number of halogens is 1. The Kier molecular flexibility index (Phi) is 9.61. The molecule has 0 aliphatic carbocycles. The van der Waals surface area contributed by atoms with Gasteiger partial charge in [-0.2, -0.15) is 0 Å². The summed E-state index contributed by atoms with van der Waals surface area (Å²) in [6.07, 6.45) is 4.74. The molecule has 1 aliphatic heterocycles. The number of carbonyl (C=O) groups is 2. The first-order chi connectivity index (χ1) is 8.69. The Labute approximate surface area is 121 Å². The van der Waals surface area contributed by atoms with Crippen LogP contribution in [0.5, 0.6) is 0 Å². The van der Waals surface area contributed by atoms with Crippen molar-refractivity contribution in [3.05, 3.63) is 0 Å². The molecule has 1 fully saturated rings. The number of nitrogens with one attached hydrogen (secondary N) is 1. The number of hydrogen-bond donors (Lipinski definition) is 2. The molecule has 112 valence electrons. The monoisotopic (exact) mass is 291 g/mol. The van der Waals surface area contributed by atoms with Gasteiger partial charge in [0, 0.05) is 38.5 Å². The van der Waals surface area contributed by atoms with Crippen LogP contribution in [0.1, 0.15) is 45.4 Å². The number of amides is 2. The van der Waals surface area contributed by atoms with Crippen molar-refractivity contribution < 1.29 is 9.59 Å². The summed E-state index contributed by atoms with van der Waals surface area (Å²) in [5.74, 6) is 0.175. The first-order valence-electron chi connectivity index (χ1n) is 6.95. The second-order valence-electron chi connectivity index (χ2n) is 4.78. The molecule has 3 N–H and O–H groups in total. The van der Waals surface area contributed by atoms with Crippen molar-refractivity contribution in [3.63, 3.8) is 0 Å². The highest BCUT2D eigenvalue weighted by Crippen LogP contribution is 2.17. The summed E-state index contributed by atoms with van der Waals surface area (Å²) >= 11 is 0. The Balaban J connectivity index is 0.00000324. The minimum atomic E-state index is 0. The van der Waals surface area contributed by atoms with Gasteiger partial charge in [0.05, 0.1) is 0 Å². The summed E-state index contributed by atoms with van der Waals surface area (Å²) in [5.41, 5.74) is 5.69. The van der Waals surface area contributed by atoms with Gasteiger partial charge in [-0.3, -0.25) is 9.59 Å². The second kappa shape index (κ2) is 10.0. The Morgan fingerprint density at radius 3 is 2.68 bits per heavy atom. The molecular formula is C13H26ClN3O2. The predicted molar refractivity (Wildman–Crippen MR) is 78.2 cm³/mol. The number of hydrogen-bond acceptors (Lipinski definition) is 3. The standard InChI is InChI=1S/C13H25N3O2.ClH/c1-2-15-12(17)7-5-8-13(18)16-9-4-3-6-11(16)10-14;/h11H,2-10,14H2,1H3,(H,15,17);1H. The molecule has 0 aromatic carbocycles. The van der Waals surface area contributed by atoms with Crippen molar-refractivity contribution in [2.24, 2.45) is 5.73 Å². The summed E-state index contributed by atoms with van der Waals surface area (Å²) in [6.45, 7) is 3.90. The van der Waals surface area contributed by atoms with Crippen LogP contribution in [0.2, 0.25) is 0 Å². The highest BCUT2D eigenvalue weighted by Gasteiger charge is 2.24. The lowest BCUT2D eigenvalue weighted by molar-refractivity contribution is -0.134. The van der Waals surface area contributed by atoms with Crippen LogP contribution in [0.3, 0.4) is 0 Å².